The number of methoxy groups -OCH3 is 1. The topological polar surface area (TPSA) is 82.2 Å². The second-order valence-corrected chi connectivity index (χ2v) is 5.30. The van der Waals surface area contributed by atoms with Gasteiger partial charge in [0.15, 0.2) is 5.82 Å². The van der Waals surface area contributed by atoms with Crippen LogP contribution in [0.25, 0.3) is 0 Å². The van der Waals surface area contributed by atoms with E-state index in [1.807, 2.05) is 6.92 Å². The first-order valence-electron chi connectivity index (χ1n) is 7.38. The van der Waals surface area contributed by atoms with Gasteiger partial charge >= 0.3 is 5.97 Å². The lowest BCUT2D eigenvalue weighted by Crippen LogP contribution is -2.23. The van der Waals surface area contributed by atoms with E-state index in [2.05, 4.69) is 10.4 Å². The maximum absolute atomic E-state index is 11.9. The van der Waals surface area contributed by atoms with Gasteiger partial charge in [-0.05, 0) is 19.3 Å². The van der Waals surface area contributed by atoms with Crippen LogP contribution in [-0.4, -0.2) is 28.9 Å². The number of nitrogen functional groups attached to an aromatic ring is 1. The number of ether oxygens (including phenoxy) is 1. The summed E-state index contributed by atoms with van der Waals surface area (Å²) in [6.07, 6.45) is 6.86. The average Bonchev–Trinajstić information content (AvgIpc) is 2.76. The largest absolute Gasteiger partial charge is 0.465 e. The molecule has 0 aliphatic heterocycles. The van der Waals surface area contributed by atoms with Crippen LogP contribution in [0.4, 0.5) is 11.6 Å². The second kappa shape index (κ2) is 6.63. The molecule has 1 aromatic rings. The van der Waals surface area contributed by atoms with Crippen molar-refractivity contribution in [3.05, 3.63) is 5.56 Å². The Kier molecular flexibility index (Phi) is 4.87. The van der Waals surface area contributed by atoms with Crippen molar-refractivity contribution in [2.24, 2.45) is 0 Å². The molecule has 0 amide bonds. The van der Waals surface area contributed by atoms with Crippen LogP contribution in [0.2, 0.25) is 0 Å². The minimum absolute atomic E-state index is 0.367. The highest BCUT2D eigenvalue weighted by molar-refractivity contribution is 5.99. The van der Waals surface area contributed by atoms with E-state index in [4.69, 9.17) is 10.5 Å². The van der Waals surface area contributed by atoms with Crippen molar-refractivity contribution < 1.29 is 9.53 Å². The Morgan fingerprint density at radius 1 is 1.45 bits per heavy atom. The molecule has 0 saturated heterocycles. The molecule has 1 heterocycles. The highest BCUT2D eigenvalue weighted by Crippen LogP contribution is 2.27. The van der Waals surface area contributed by atoms with Gasteiger partial charge < -0.3 is 15.8 Å². The molecule has 1 aliphatic carbocycles. The quantitative estimate of drug-likeness (QED) is 0.809. The molecule has 0 atom stereocenters. The summed E-state index contributed by atoms with van der Waals surface area (Å²) in [5.74, 6) is 0.523. The van der Waals surface area contributed by atoms with E-state index < -0.39 is 5.97 Å². The van der Waals surface area contributed by atoms with E-state index in [1.54, 1.807) is 4.68 Å². The number of hydrogen-bond donors (Lipinski definition) is 2. The van der Waals surface area contributed by atoms with Crippen LogP contribution >= 0.6 is 0 Å². The third-order valence-corrected chi connectivity index (χ3v) is 3.76. The predicted octanol–water partition coefficient (Wildman–Crippen LogP) is 2.41. The van der Waals surface area contributed by atoms with Gasteiger partial charge in [0.2, 0.25) is 0 Å². The van der Waals surface area contributed by atoms with E-state index in [0.717, 1.165) is 19.3 Å². The molecule has 6 nitrogen and oxygen atoms in total. The van der Waals surface area contributed by atoms with Crippen molar-refractivity contribution in [1.29, 1.82) is 0 Å². The fraction of sp³-hybridized carbons (Fsp3) is 0.714. The van der Waals surface area contributed by atoms with Crippen LogP contribution in [0.15, 0.2) is 0 Å². The van der Waals surface area contributed by atoms with Crippen molar-refractivity contribution in [3.8, 4) is 0 Å². The van der Waals surface area contributed by atoms with Gasteiger partial charge in [-0.1, -0.05) is 26.2 Å². The van der Waals surface area contributed by atoms with Crippen molar-refractivity contribution in [2.75, 3.05) is 18.2 Å². The third-order valence-electron chi connectivity index (χ3n) is 3.76. The SMILES string of the molecule is CCCn1nc(NC2CCCCC2)c(C(=O)OC)c1N. The first-order chi connectivity index (χ1) is 9.67. The summed E-state index contributed by atoms with van der Waals surface area (Å²) >= 11 is 0. The molecular formula is C14H24N4O2. The standard InChI is InChI=1S/C14H24N4O2/c1-3-9-18-12(15)11(14(19)20-2)13(17-18)16-10-7-5-4-6-8-10/h10H,3-9,15H2,1-2H3,(H,16,17). The number of nitrogens with two attached hydrogens (primary N) is 1. The highest BCUT2D eigenvalue weighted by Gasteiger charge is 2.25. The zero-order valence-corrected chi connectivity index (χ0v) is 12.3. The Balaban J connectivity index is 2.24. The Labute approximate surface area is 119 Å². The van der Waals surface area contributed by atoms with Crippen LogP contribution < -0.4 is 11.1 Å². The van der Waals surface area contributed by atoms with Gasteiger partial charge in [-0.3, -0.25) is 0 Å². The fourth-order valence-corrected chi connectivity index (χ4v) is 2.70. The van der Waals surface area contributed by atoms with Crippen LogP contribution in [0.1, 0.15) is 55.8 Å². The molecule has 0 radical (unpaired) electrons. The van der Waals surface area contributed by atoms with Gasteiger partial charge in [0.1, 0.15) is 11.4 Å². The van der Waals surface area contributed by atoms with Crippen LogP contribution in [0.3, 0.4) is 0 Å². The molecule has 0 spiro atoms. The average molecular weight is 280 g/mol. The molecule has 0 bridgehead atoms. The normalized spacial score (nSPS) is 16.1. The number of aromatic nitrogens is 2. The number of anilines is 2. The van der Waals surface area contributed by atoms with E-state index in [0.29, 0.717) is 29.8 Å². The summed E-state index contributed by atoms with van der Waals surface area (Å²) in [7, 11) is 1.36. The first-order valence-corrected chi connectivity index (χ1v) is 7.38. The molecule has 0 aromatic carbocycles. The molecule has 6 heteroatoms. The van der Waals surface area contributed by atoms with Crippen LogP contribution in [0, 0.1) is 0 Å². The molecule has 0 unspecified atom stereocenters. The molecule has 2 rings (SSSR count). The number of hydrogen-bond acceptors (Lipinski definition) is 5. The van der Waals surface area contributed by atoms with Gasteiger partial charge in [0, 0.05) is 12.6 Å². The Morgan fingerprint density at radius 3 is 2.75 bits per heavy atom. The zero-order valence-electron chi connectivity index (χ0n) is 12.3. The van der Waals surface area contributed by atoms with E-state index >= 15 is 0 Å². The number of aryl methyl sites for hydroxylation is 1. The maximum atomic E-state index is 11.9. The Morgan fingerprint density at radius 2 is 2.15 bits per heavy atom. The number of carbonyl (C=O) groups is 1. The van der Waals surface area contributed by atoms with E-state index in [-0.39, 0.29) is 0 Å². The maximum Gasteiger partial charge on any atom is 0.345 e. The smallest absolute Gasteiger partial charge is 0.345 e. The lowest BCUT2D eigenvalue weighted by atomic mass is 9.95. The van der Waals surface area contributed by atoms with E-state index in [9.17, 15) is 4.79 Å². The number of carbonyl (C=O) groups excluding carboxylic acids is 1. The van der Waals surface area contributed by atoms with E-state index in [1.165, 1.54) is 26.4 Å². The molecule has 1 aliphatic rings. The number of nitrogens with one attached hydrogen (secondary N) is 1. The molecule has 1 saturated carbocycles. The molecule has 1 fully saturated rings. The second-order valence-electron chi connectivity index (χ2n) is 5.30. The lowest BCUT2D eigenvalue weighted by Gasteiger charge is -2.22. The summed E-state index contributed by atoms with van der Waals surface area (Å²) in [5, 5.41) is 7.81. The number of nitrogens with zero attached hydrogens (tertiary/aromatic N) is 2. The van der Waals surface area contributed by atoms with Gasteiger partial charge in [-0.2, -0.15) is 5.10 Å². The number of rotatable bonds is 5. The third kappa shape index (κ3) is 3.05. The summed E-state index contributed by atoms with van der Waals surface area (Å²) in [6.45, 7) is 2.75. The summed E-state index contributed by atoms with van der Waals surface area (Å²) < 4.78 is 6.50. The van der Waals surface area contributed by atoms with Gasteiger partial charge in [0.25, 0.3) is 0 Å². The summed E-state index contributed by atoms with van der Waals surface area (Å²) in [5.41, 5.74) is 6.40. The molecule has 20 heavy (non-hydrogen) atoms. The molecular weight excluding hydrogens is 256 g/mol. The minimum Gasteiger partial charge on any atom is -0.465 e. The lowest BCUT2D eigenvalue weighted by molar-refractivity contribution is 0.0603. The Hall–Kier alpha value is -1.72. The highest BCUT2D eigenvalue weighted by atomic mass is 16.5. The zero-order chi connectivity index (χ0) is 14.5. The monoisotopic (exact) mass is 280 g/mol. The van der Waals surface area contributed by atoms with Crippen LogP contribution in [-0.2, 0) is 11.3 Å². The summed E-state index contributed by atoms with van der Waals surface area (Å²) in [4.78, 5) is 11.9. The minimum atomic E-state index is -0.428. The van der Waals surface area contributed by atoms with Gasteiger partial charge in [-0.25, -0.2) is 9.48 Å². The van der Waals surface area contributed by atoms with Crippen LogP contribution in [0.5, 0.6) is 0 Å². The molecule has 1 aromatic heterocycles. The van der Waals surface area contributed by atoms with Crippen molar-refractivity contribution in [1.82, 2.24) is 9.78 Å². The van der Waals surface area contributed by atoms with Gasteiger partial charge in [-0.15, -0.1) is 0 Å². The van der Waals surface area contributed by atoms with Gasteiger partial charge in [0.05, 0.1) is 7.11 Å². The van der Waals surface area contributed by atoms with Crippen molar-refractivity contribution >= 4 is 17.6 Å². The molecule has 3 N–H and O–H groups in total. The fourth-order valence-electron chi connectivity index (χ4n) is 2.70. The Bertz CT molecular complexity index is 464. The summed E-state index contributed by atoms with van der Waals surface area (Å²) in [6, 6.07) is 0.372. The predicted molar refractivity (Wildman–Crippen MR) is 78.8 cm³/mol. The first kappa shape index (κ1) is 14.7. The molecule has 112 valence electrons. The van der Waals surface area contributed by atoms with Crippen molar-refractivity contribution in [2.45, 2.75) is 58.0 Å². The van der Waals surface area contributed by atoms with Crippen molar-refractivity contribution in [3.63, 3.8) is 0 Å². The number of esters is 1.